The third-order valence-corrected chi connectivity index (χ3v) is 4.69. The van der Waals surface area contributed by atoms with E-state index in [1.165, 1.54) is 18.0 Å². The van der Waals surface area contributed by atoms with Gasteiger partial charge in [-0.05, 0) is 51.5 Å². The molecular weight excluding hydrogens is 398 g/mol. The fraction of sp³-hybridized carbons (Fsp3) is 0.318. The van der Waals surface area contributed by atoms with Gasteiger partial charge in [0.05, 0.1) is 38.0 Å². The topological polar surface area (TPSA) is 99.4 Å². The van der Waals surface area contributed by atoms with Crippen LogP contribution in [0.5, 0.6) is 5.75 Å². The molecule has 1 aromatic carbocycles. The number of aryl methyl sites for hydroxylation is 1. The number of amides is 1. The van der Waals surface area contributed by atoms with E-state index in [4.69, 9.17) is 4.74 Å². The van der Waals surface area contributed by atoms with Crippen molar-refractivity contribution in [2.45, 2.75) is 33.2 Å². The van der Waals surface area contributed by atoms with Crippen molar-refractivity contribution in [3.63, 3.8) is 0 Å². The zero-order valence-electron chi connectivity index (χ0n) is 18.4. The molecule has 31 heavy (non-hydrogen) atoms. The van der Waals surface area contributed by atoms with Crippen molar-refractivity contribution >= 4 is 17.6 Å². The van der Waals surface area contributed by atoms with E-state index in [0.717, 1.165) is 5.56 Å². The minimum Gasteiger partial charge on any atom is -0.493 e. The van der Waals surface area contributed by atoms with Crippen LogP contribution in [0.1, 0.15) is 47.2 Å². The first-order chi connectivity index (χ1) is 14.7. The molecule has 0 aliphatic rings. The van der Waals surface area contributed by atoms with Crippen molar-refractivity contribution < 1.29 is 19.1 Å². The minimum absolute atomic E-state index is 0.0801. The Labute approximate surface area is 180 Å². The van der Waals surface area contributed by atoms with Crippen LogP contribution in [-0.2, 0) is 4.74 Å². The van der Waals surface area contributed by atoms with Gasteiger partial charge in [-0.15, -0.1) is 5.10 Å². The number of hydrogen-bond acceptors (Lipinski definition) is 7. The maximum absolute atomic E-state index is 13.6. The summed E-state index contributed by atoms with van der Waals surface area (Å²) in [7, 11) is 2.82. The summed E-state index contributed by atoms with van der Waals surface area (Å²) >= 11 is 0. The maximum Gasteiger partial charge on any atom is 0.360 e. The van der Waals surface area contributed by atoms with E-state index < -0.39 is 11.5 Å². The SMILES string of the molecule is COC(=O)c1cn(-c2cc(C(=O)N(c3ccncc3OC)C(C)(C)C)ccc2C)nn1. The van der Waals surface area contributed by atoms with Crippen molar-refractivity contribution in [3.05, 3.63) is 59.7 Å². The molecule has 0 spiro atoms. The van der Waals surface area contributed by atoms with E-state index in [2.05, 4.69) is 20.0 Å². The molecule has 0 fully saturated rings. The third kappa shape index (κ3) is 4.40. The van der Waals surface area contributed by atoms with Gasteiger partial charge in [-0.1, -0.05) is 11.3 Å². The molecule has 1 amide bonds. The number of nitrogens with zero attached hydrogens (tertiary/aromatic N) is 5. The van der Waals surface area contributed by atoms with Crippen LogP contribution in [0, 0.1) is 6.92 Å². The lowest BCUT2D eigenvalue weighted by Crippen LogP contribution is -2.46. The Kier molecular flexibility index (Phi) is 6.05. The smallest absolute Gasteiger partial charge is 0.360 e. The lowest BCUT2D eigenvalue weighted by atomic mass is 10.0. The molecule has 2 aromatic heterocycles. The lowest BCUT2D eigenvalue weighted by Gasteiger charge is -2.36. The van der Waals surface area contributed by atoms with Crippen LogP contribution in [0.15, 0.2) is 42.9 Å². The summed E-state index contributed by atoms with van der Waals surface area (Å²) < 4.78 is 11.6. The molecular formula is C22H25N5O4. The monoisotopic (exact) mass is 423 g/mol. The Bertz CT molecular complexity index is 1120. The molecule has 0 atom stereocenters. The standard InChI is InChI=1S/C22H25N5O4/c1-14-7-8-15(11-18(14)26-13-16(24-25-26)21(29)31-6)20(28)27(22(2,3)4)17-9-10-23-12-19(17)30-5/h7-13H,1-6H3. The van der Waals surface area contributed by atoms with Gasteiger partial charge in [0.15, 0.2) is 11.4 Å². The first-order valence-corrected chi connectivity index (χ1v) is 9.61. The Morgan fingerprint density at radius 1 is 1.13 bits per heavy atom. The van der Waals surface area contributed by atoms with Gasteiger partial charge < -0.3 is 9.47 Å². The zero-order valence-corrected chi connectivity index (χ0v) is 18.4. The molecule has 0 saturated heterocycles. The van der Waals surface area contributed by atoms with Crippen molar-refractivity contribution in [2.75, 3.05) is 19.1 Å². The summed E-state index contributed by atoms with van der Waals surface area (Å²) in [5, 5.41) is 7.85. The molecule has 0 radical (unpaired) electrons. The van der Waals surface area contributed by atoms with Crippen molar-refractivity contribution in [2.24, 2.45) is 0 Å². The Morgan fingerprint density at radius 2 is 1.87 bits per heavy atom. The molecule has 162 valence electrons. The fourth-order valence-corrected chi connectivity index (χ4v) is 3.19. The predicted octanol–water partition coefficient (Wildman–Crippen LogP) is 3.21. The Hall–Kier alpha value is -3.75. The van der Waals surface area contributed by atoms with Gasteiger partial charge in [0.2, 0.25) is 0 Å². The van der Waals surface area contributed by atoms with Crippen molar-refractivity contribution in [1.29, 1.82) is 0 Å². The summed E-state index contributed by atoms with van der Waals surface area (Å²) in [6.45, 7) is 7.72. The van der Waals surface area contributed by atoms with Crippen LogP contribution in [-0.4, -0.2) is 51.6 Å². The van der Waals surface area contributed by atoms with Crippen molar-refractivity contribution in [3.8, 4) is 11.4 Å². The second kappa shape index (κ2) is 8.55. The van der Waals surface area contributed by atoms with Gasteiger partial charge in [0.25, 0.3) is 5.91 Å². The number of rotatable bonds is 5. The van der Waals surface area contributed by atoms with Crippen LogP contribution in [0.25, 0.3) is 5.69 Å². The second-order valence-corrected chi connectivity index (χ2v) is 7.90. The highest BCUT2D eigenvalue weighted by Gasteiger charge is 2.31. The number of carbonyl (C=O) groups is 2. The largest absolute Gasteiger partial charge is 0.493 e. The maximum atomic E-state index is 13.6. The number of aromatic nitrogens is 4. The third-order valence-electron chi connectivity index (χ3n) is 4.69. The van der Waals surface area contributed by atoms with Gasteiger partial charge in [-0.25, -0.2) is 9.48 Å². The number of methoxy groups -OCH3 is 2. The molecule has 0 unspecified atom stereocenters. The van der Waals surface area contributed by atoms with Crippen LogP contribution in [0.4, 0.5) is 5.69 Å². The van der Waals surface area contributed by atoms with Gasteiger partial charge in [-0.2, -0.15) is 0 Å². The number of pyridine rings is 1. The molecule has 3 rings (SSSR count). The Balaban J connectivity index is 2.07. The van der Waals surface area contributed by atoms with E-state index in [1.54, 1.807) is 42.6 Å². The zero-order chi connectivity index (χ0) is 22.8. The Morgan fingerprint density at radius 3 is 2.52 bits per heavy atom. The van der Waals surface area contributed by atoms with Crippen LogP contribution < -0.4 is 9.64 Å². The number of benzene rings is 1. The number of anilines is 1. The molecule has 0 bridgehead atoms. The summed E-state index contributed by atoms with van der Waals surface area (Å²) in [5.74, 6) is -0.302. The highest BCUT2D eigenvalue weighted by Crippen LogP contribution is 2.33. The highest BCUT2D eigenvalue weighted by molar-refractivity contribution is 6.08. The molecule has 0 aliphatic heterocycles. The molecule has 0 saturated carbocycles. The highest BCUT2D eigenvalue weighted by atomic mass is 16.5. The molecule has 9 nitrogen and oxygen atoms in total. The molecule has 3 aromatic rings. The van der Waals surface area contributed by atoms with Crippen LogP contribution in [0.3, 0.4) is 0 Å². The average molecular weight is 423 g/mol. The fourth-order valence-electron chi connectivity index (χ4n) is 3.19. The molecule has 0 N–H and O–H groups in total. The number of esters is 1. The summed E-state index contributed by atoms with van der Waals surface area (Å²) in [4.78, 5) is 31.1. The molecule has 0 aliphatic carbocycles. The van der Waals surface area contributed by atoms with Crippen LogP contribution >= 0.6 is 0 Å². The van der Waals surface area contributed by atoms with Gasteiger partial charge in [-0.3, -0.25) is 14.7 Å². The predicted molar refractivity (Wildman–Crippen MR) is 115 cm³/mol. The van der Waals surface area contributed by atoms with Crippen molar-refractivity contribution in [1.82, 2.24) is 20.0 Å². The van der Waals surface area contributed by atoms with E-state index in [0.29, 0.717) is 22.7 Å². The lowest BCUT2D eigenvalue weighted by molar-refractivity contribution is 0.0593. The first kappa shape index (κ1) is 21.9. The van der Waals surface area contributed by atoms with E-state index in [1.807, 2.05) is 33.8 Å². The quantitative estimate of drug-likeness (QED) is 0.581. The first-order valence-electron chi connectivity index (χ1n) is 9.61. The number of hydrogen-bond donors (Lipinski definition) is 0. The number of carbonyl (C=O) groups excluding carboxylic acids is 2. The van der Waals surface area contributed by atoms with Crippen LogP contribution in [0.2, 0.25) is 0 Å². The average Bonchev–Trinajstić information content (AvgIpc) is 3.23. The van der Waals surface area contributed by atoms with E-state index in [9.17, 15) is 9.59 Å². The van der Waals surface area contributed by atoms with E-state index in [-0.39, 0.29) is 11.6 Å². The van der Waals surface area contributed by atoms with Gasteiger partial charge in [0.1, 0.15) is 0 Å². The molecule has 2 heterocycles. The summed E-state index contributed by atoms with van der Waals surface area (Å²) in [6, 6.07) is 7.05. The minimum atomic E-state index is -0.583. The number of ether oxygens (including phenoxy) is 2. The van der Waals surface area contributed by atoms with E-state index >= 15 is 0 Å². The molecule has 9 heteroatoms. The second-order valence-electron chi connectivity index (χ2n) is 7.90. The summed E-state index contributed by atoms with van der Waals surface area (Å²) in [6.07, 6.45) is 4.66. The summed E-state index contributed by atoms with van der Waals surface area (Å²) in [5.41, 5.74) is 2.10. The van der Waals surface area contributed by atoms with Gasteiger partial charge in [0, 0.05) is 17.3 Å². The van der Waals surface area contributed by atoms with Gasteiger partial charge >= 0.3 is 5.97 Å². The normalized spacial score (nSPS) is 11.2.